The number of hydrogen-bond donors (Lipinski definition) is 1. The molecule has 114 valence electrons. The number of hydrogen-bond acceptors (Lipinski definition) is 3. The fourth-order valence-electron chi connectivity index (χ4n) is 2.67. The molecule has 0 aliphatic heterocycles. The predicted molar refractivity (Wildman–Crippen MR) is 89.5 cm³/mol. The van der Waals surface area contributed by atoms with Crippen LogP contribution in [0.3, 0.4) is 0 Å². The molecule has 23 heavy (non-hydrogen) atoms. The molecule has 0 radical (unpaired) electrons. The first-order valence-electron chi connectivity index (χ1n) is 7.02. The first-order chi connectivity index (χ1) is 11.0. The van der Waals surface area contributed by atoms with Crippen LogP contribution in [-0.4, -0.2) is 17.8 Å². The molecule has 0 aliphatic rings. The Balaban J connectivity index is 1.88. The summed E-state index contributed by atoms with van der Waals surface area (Å²) >= 11 is 0. The zero-order chi connectivity index (χ0) is 16.0. The summed E-state index contributed by atoms with van der Waals surface area (Å²) in [5, 5.41) is 7.32. The van der Waals surface area contributed by atoms with Crippen LogP contribution in [-0.2, 0) is 10.0 Å². The highest BCUT2D eigenvalue weighted by Gasteiger charge is 2.10. The number of fused-ring (bicyclic) bond motifs is 3. The molecule has 0 atom stereocenters. The van der Waals surface area contributed by atoms with E-state index >= 15 is 0 Å². The highest BCUT2D eigenvalue weighted by Crippen LogP contribution is 2.25. The maximum Gasteiger partial charge on any atom is 0.238 e. The third-order valence-electron chi connectivity index (χ3n) is 3.83. The van der Waals surface area contributed by atoms with Crippen LogP contribution in [0, 0.1) is 0 Å². The monoisotopic (exact) mass is 323 g/mol. The molecular formula is C17H13N3O2S. The van der Waals surface area contributed by atoms with Crippen molar-refractivity contribution in [2.45, 2.75) is 4.90 Å². The van der Waals surface area contributed by atoms with Crippen molar-refractivity contribution in [2.75, 3.05) is 0 Å². The molecule has 0 bridgehead atoms. The highest BCUT2D eigenvalue weighted by molar-refractivity contribution is 7.89. The second-order valence-electron chi connectivity index (χ2n) is 5.33. The molecule has 2 N–H and O–H groups in total. The van der Waals surface area contributed by atoms with Gasteiger partial charge in [-0.1, -0.05) is 36.4 Å². The molecule has 4 aromatic rings. The SMILES string of the molecule is NS(=O)(=O)c1ccc(-c2cn3ccc4ccccc4c3n2)cc1. The van der Waals surface area contributed by atoms with Gasteiger partial charge < -0.3 is 4.40 Å². The lowest BCUT2D eigenvalue weighted by molar-refractivity contribution is 0.598. The van der Waals surface area contributed by atoms with Gasteiger partial charge in [0.1, 0.15) is 5.65 Å². The number of pyridine rings is 1. The van der Waals surface area contributed by atoms with E-state index in [9.17, 15) is 8.42 Å². The Kier molecular flexibility index (Phi) is 2.97. The molecule has 2 heterocycles. The third-order valence-corrected chi connectivity index (χ3v) is 4.76. The summed E-state index contributed by atoms with van der Waals surface area (Å²) in [6.45, 7) is 0. The Hall–Kier alpha value is -2.70. The van der Waals surface area contributed by atoms with E-state index < -0.39 is 10.0 Å². The Morgan fingerprint density at radius 1 is 0.957 bits per heavy atom. The number of sulfonamides is 1. The summed E-state index contributed by atoms with van der Waals surface area (Å²) in [5.74, 6) is 0. The number of benzene rings is 2. The zero-order valence-corrected chi connectivity index (χ0v) is 12.9. The van der Waals surface area contributed by atoms with E-state index in [0.717, 1.165) is 27.7 Å². The molecule has 6 heteroatoms. The van der Waals surface area contributed by atoms with Crippen molar-refractivity contribution in [3.05, 3.63) is 67.0 Å². The lowest BCUT2D eigenvalue weighted by atomic mass is 10.2. The van der Waals surface area contributed by atoms with E-state index in [0.29, 0.717) is 0 Å². The summed E-state index contributed by atoms with van der Waals surface area (Å²) in [6.07, 6.45) is 3.89. The van der Waals surface area contributed by atoms with E-state index in [2.05, 4.69) is 4.98 Å². The normalized spacial score (nSPS) is 12.0. The van der Waals surface area contributed by atoms with Gasteiger partial charge in [0.25, 0.3) is 0 Å². The lowest BCUT2D eigenvalue weighted by Gasteiger charge is -1.99. The van der Waals surface area contributed by atoms with Gasteiger partial charge in [-0.25, -0.2) is 18.5 Å². The smallest absolute Gasteiger partial charge is 0.238 e. The van der Waals surface area contributed by atoms with Crippen LogP contribution in [0.25, 0.3) is 27.7 Å². The van der Waals surface area contributed by atoms with Gasteiger partial charge in [-0.05, 0) is 23.6 Å². The summed E-state index contributed by atoms with van der Waals surface area (Å²) in [4.78, 5) is 4.78. The van der Waals surface area contributed by atoms with Crippen LogP contribution in [0.5, 0.6) is 0 Å². The predicted octanol–water partition coefficient (Wildman–Crippen LogP) is 2.80. The van der Waals surface area contributed by atoms with Crippen molar-refractivity contribution in [1.82, 2.24) is 9.38 Å². The molecular weight excluding hydrogens is 310 g/mol. The second-order valence-corrected chi connectivity index (χ2v) is 6.89. The maximum absolute atomic E-state index is 11.3. The molecule has 0 unspecified atom stereocenters. The standard InChI is InChI=1S/C17H13N3O2S/c18-23(21,22)14-7-5-13(6-8-14)16-11-20-10-9-12-3-1-2-4-15(12)17(20)19-16/h1-11H,(H2,18,21,22). The highest BCUT2D eigenvalue weighted by atomic mass is 32.2. The van der Waals surface area contributed by atoms with Gasteiger partial charge in [-0.15, -0.1) is 0 Å². The van der Waals surface area contributed by atoms with Gasteiger partial charge in [0, 0.05) is 23.3 Å². The fraction of sp³-hybridized carbons (Fsp3) is 0. The van der Waals surface area contributed by atoms with Crippen LogP contribution in [0.4, 0.5) is 0 Å². The molecule has 2 aromatic carbocycles. The first kappa shape index (κ1) is 13.9. The average Bonchev–Trinajstić information content (AvgIpc) is 2.99. The summed E-state index contributed by atoms with van der Waals surface area (Å²) in [5.41, 5.74) is 2.49. The van der Waals surface area contributed by atoms with Crippen molar-refractivity contribution in [1.29, 1.82) is 0 Å². The molecule has 0 fully saturated rings. The van der Waals surface area contributed by atoms with Crippen molar-refractivity contribution in [3.8, 4) is 11.3 Å². The largest absolute Gasteiger partial charge is 0.306 e. The summed E-state index contributed by atoms with van der Waals surface area (Å²) in [7, 11) is -3.68. The van der Waals surface area contributed by atoms with E-state index in [4.69, 9.17) is 5.14 Å². The van der Waals surface area contributed by atoms with Crippen molar-refractivity contribution >= 4 is 26.4 Å². The molecule has 0 amide bonds. The summed E-state index contributed by atoms with van der Waals surface area (Å²) < 4.78 is 24.6. The fourth-order valence-corrected chi connectivity index (χ4v) is 3.18. The maximum atomic E-state index is 11.3. The minimum absolute atomic E-state index is 0.0930. The minimum atomic E-state index is -3.68. The van der Waals surface area contributed by atoms with Gasteiger partial charge in [0.2, 0.25) is 10.0 Å². The molecule has 4 rings (SSSR count). The zero-order valence-electron chi connectivity index (χ0n) is 12.0. The number of nitrogens with zero attached hydrogens (tertiary/aromatic N) is 2. The number of rotatable bonds is 2. The van der Waals surface area contributed by atoms with E-state index in [1.165, 1.54) is 12.1 Å². The van der Waals surface area contributed by atoms with Crippen LogP contribution in [0.1, 0.15) is 0 Å². The minimum Gasteiger partial charge on any atom is -0.306 e. The van der Waals surface area contributed by atoms with E-state index in [1.54, 1.807) is 12.1 Å². The molecule has 0 saturated heterocycles. The second kappa shape index (κ2) is 4.91. The Morgan fingerprint density at radius 2 is 1.70 bits per heavy atom. The number of imidazole rings is 1. The van der Waals surface area contributed by atoms with Gasteiger partial charge in [0.05, 0.1) is 10.6 Å². The average molecular weight is 323 g/mol. The molecule has 0 spiro atoms. The quantitative estimate of drug-likeness (QED) is 0.616. The lowest BCUT2D eigenvalue weighted by Crippen LogP contribution is -2.11. The van der Waals surface area contributed by atoms with Crippen molar-refractivity contribution < 1.29 is 8.42 Å². The van der Waals surface area contributed by atoms with Crippen LogP contribution < -0.4 is 5.14 Å². The molecule has 0 saturated carbocycles. The summed E-state index contributed by atoms with van der Waals surface area (Å²) in [6, 6.07) is 16.5. The Morgan fingerprint density at radius 3 is 2.43 bits per heavy atom. The van der Waals surface area contributed by atoms with Crippen molar-refractivity contribution in [2.24, 2.45) is 5.14 Å². The van der Waals surface area contributed by atoms with E-state index in [-0.39, 0.29) is 4.90 Å². The number of primary sulfonamides is 1. The van der Waals surface area contributed by atoms with Crippen LogP contribution in [0.15, 0.2) is 71.9 Å². The number of aromatic nitrogens is 2. The molecule has 5 nitrogen and oxygen atoms in total. The van der Waals surface area contributed by atoms with Crippen molar-refractivity contribution in [3.63, 3.8) is 0 Å². The van der Waals surface area contributed by atoms with Crippen LogP contribution >= 0.6 is 0 Å². The van der Waals surface area contributed by atoms with E-state index in [1.807, 2.05) is 47.1 Å². The van der Waals surface area contributed by atoms with Gasteiger partial charge >= 0.3 is 0 Å². The Labute approximate surface area is 133 Å². The van der Waals surface area contributed by atoms with Gasteiger partial charge in [-0.3, -0.25) is 0 Å². The topological polar surface area (TPSA) is 77.5 Å². The molecule has 2 aromatic heterocycles. The Bertz CT molecular complexity index is 1130. The first-order valence-corrected chi connectivity index (χ1v) is 8.57. The number of nitrogens with two attached hydrogens (primary N) is 1. The van der Waals surface area contributed by atoms with Gasteiger partial charge in [-0.2, -0.15) is 0 Å². The van der Waals surface area contributed by atoms with Crippen LogP contribution in [0.2, 0.25) is 0 Å². The third kappa shape index (κ3) is 2.38. The molecule has 0 aliphatic carbocycles. The van der Waals surface area contributed by atoms with Gasteiger partial charge in [0.15, 0.2) is 0 Å².